The second kappa shape index (κ2) is 5.05. The summed E-state index contributed by atoms with van der Waals surface area (Å²) in [4.78, 5) is 16.8. The number of aryl methyl sites for hydroxylation is 1. The highest BCUT2D eigenvalue weighted by Gasteiger charge is 2.47. The molecule has 22 heavy (non-hydrogen) atoms. The summed E-state index contributed by atoms with van der Waals surface area (Å²) in [5.74, 6) is 1.18. The van der Waals surface area contributed by atoms with Crippen LogP contribution in [-0.2, 0) is 0 Å². The zero-order valence-corrected chi connectivity index (χ0v) is 12.5. The van der Waals surface area contributed by atoms with Crippen LogP contribution in [0.25, 0.3) is 11.0 Å². The molecule has 2 aromatic rings. The van der Waals surface area contributed by atoms with Crippen molar-refractivity contribution in [1.82, 2.24) is 20.5 Å². The Balaban J connectivity index is 1.57. The number of carbonyl (C=O) groups excluding carboxylic acids is 1. The third-order valence-corrected chi connectivity index (χ3v) is 5.46. The van der Waals surface area contributed by atoms with Gasteiger partial charge in [0.05, 0.1) is 5.56 Å². The van der Waals surface area contributed by atoms with Crippen LogP contribution in [0.1, 0.15) is 35.3 Å². The quantitative estimate of drug-likeness (QED) is 0.799. The number of carbonyl (C=O) groups is 1. The molecular formula is C16H20N4O2. The Hall–Kier alpha value is -1.95. The molecule has 4 atom stereocenters. The average molecular weight is 300 g/mol. The van der Waals surface area contributed by atoms with Gasteiger partial charge in [-0.1, -0.05) is 0 Å². The maximum Gasteiger partial charge on any atom is 0.253 e. The topological polar surface area (TPSA) is 90.9 Å². The van der Waals surface area contributed by atoms with E-state index in [-0.39, 0.29) is 24.5 Å². The molecule has 3 N–H and O–H groups in total. The predicted molar refractivity (Wildman–Crippen MR) is 81.3 cm³/mol. The highest BCUT2D eigenvalue weighted by Crippen LogP contribution is 2.48. The summed E-state index contributed by atoms with van der Waals surface area (Å²) in [6, 6.07) is 1.93. The number of rotatable bonds is 3. The van der Waals surface area contributed by atoms with Gasteiger partial charge in [0.25, 0.3) is 5.91 Å². The van der Waals surface area contributed by atoms with Crippen LogP contribution in [0, 0.1) is 24.7 Å². The minimum Gasteiger partial charge on any atom is -0.396 e. The maximum atomic E-state index is 12.6. The molecule has 2 heterocycles. The fourth-order valence-corrected chi connectivity index (χ4v) is 4.28. The zero-order valence-electron chi connectivity index (χ0n) is 12.5. The summed E-state index contributed by atoms with van der Waals surface area (Å²) in [6.07, 6.45) is 5.04. The van der Waals surface area contributed by atoms with Gasteiger partial charge in [0.2, 0.25) is 0 Å². The Labute approximate surface area is 128 Å². The van der Waals surface area contributed by atoms with E-state index >= 15 is 0 Å². The fraction of sp³-hybridized carbons (Fsp3) is 0.562. The molecule has 4 rings (SSSR count). The molecule has 2 aromatic heterocycles. The van der Waals surface area contributed by atoms with Gasteiger partial charge in [-0.05, 0) is 44.1 Å². The van der Waals surface area contributed by atoms with Crippen LogP contribution in [0.2, 0.25) is 0 Å². The van der Waals surface area contributed by atoms with Crippen LogP contribution in [0.4, 0.5) is 0 Å². The smallest absolute Gasteiger partial charge is 0.253 e. The van der Waals surface area contributed by atoms with E-state index in [1.807, 2.05) is 13.0 Å². The first-order valence-corrected chi connectivity index (χ1v) is 7.90. The molecule has 2 bridgehead atoms. The average Bonchev–Trinajstić information content (AvgIpc) is 3.22. The van der Waals surface area contributed by atoms with Gasteiger partial charge in [-0.2, -0.15) is 5.10 Å². The largest absolute Gasteiger partial charge is 0.396 e. The molecule has 0 aliphatic heterocycles. The van der Waals surface area contributed by atoms with Crippen LogP contribution in [0.3, 0.4) is 0 Å². The van der Waals surface area contributed by atoms with E-state index < -0.39 is 0 Å². The molecule has 0 saturated heterocycles. The van der Waals surface area contributed by atoms with E-state index in [1.54, 1.807) is 6.20 Å². The predicted octanol–water partition coefficient (Wildman–Crippen LogP) is 1.40. The maximum absolute atomic E-state index is 12.6. The SMILES string of the molecule is Cc1[nH]nc2ncc(C(=O)NC3C4CCC(C4)C3CO)cc12. The van der Waals surface area contributed by atoms with Crippen molar-refractivity contribution in [3.8, 4) is 0 Å². The summed E-state index contributed by atoms with van der Waals surface area (Å²) >= 11 is 0. The third-order valence-electron chi connectivity index (χ3n) is 5.46. The van der Waals surface area contributed by atoms with Gasteiger partial charge < -0.3 is 10.4 Å². The molecule has 6 nitrogen and oxygen atoms in total. The van der Waals surface area contributed by atoms with Crippen molar-refractivity contribution in [2.24, 2.45) is 17.8 Å². The van der Waals surface area contributed by atoms with Crippen molar-refractivity contribution in [2.75, 3.05) is 6.61 Å². The van der Waals surface area contributed by atoms with Crippen molar-refractivity contribution in [3.63, 3.8) is 0 Å². The number of pyridine rings is 1. The van der Waals surface area contributed by atoms with Crippen molar-refractivity contribution in [3.05, 3.63) is 23.5 Å². The zero-order chi connectivity index (χ0) is 15.3. The summed E-state index contributed by atoms with van der Waals surface area (Å²) in [7, 11) is 0. The summed E-state index contributed by atoms with van der Waals surface area (Å²) in [5.41, 5.74) is 2.09. The van der Waals surface area contributed by atoms with Crippen LogP contribution in [-0.4, -0.2) is 38.8 Å². The van der Waals surface area contributed by atoms with Gasteiger partial charge in [-0.25, -0.2) is 4.98 Å². The molecule has 0 radical (unpaired) electrons. The lowest BCUT2D eigenvalue weighted by atomic mass is 9.85. The molecule has 0 aromatic carbocycles. The van der Waals surface area contributed by atoms with E-state index in [1.165, 1.54) is 6.42 Å². The van der Waals surface area contributed by atoms with Crippen LogP contribution < -0.4 is 5.32 Å². The molecule has 0 spiro atoms. The number of amides is 1. The van der Waals surface area contributed by atoms with Gasteiger partial charge >= 0.3 is 0 Å². The minimum absolute atomic E-state index is 0.0948. The second-order valence-corrected chi connectivity index (χ2v) is 6.62. The first-order valence-electron chi connectivity index (χ1n) is 7.90. The Morgan fingerprint density at radius 2 is 2.27 bits per heavy atom. The number of hydrogen-bond donors (Lipinski definition) is 3. The van der Waals surface area contributed by atoms with Crippen molar-refractivity contribution in [2.45, 2.75) is 32.2 Å². The molecule has 116 valence electrons. The Kier molecular flexibility index (Phi) is 3.14. The van der Waals surface area contributed by atoms with Crippen molar-refractivity contribution >= 4 is 16.9 Å². The lowest BCUT2D eigenvalue weighted by Gasteiger charge is -2.30. The summed E-state index contributed by atoms with van der Waals surface area (Å²) in [5, 5.41) is 20.6. The Morgan fingerprint density at radius 1 is 1.45 bits per heavy atom. The fourth-order valence-electron chi connectivity index (χ4n) is 4.28. The molecule has 2 saturated carbocycles. The van der Waals surface area contributed by atoms with Crippen LogP contribution >= 0.6 is 0 Å². The standard InChI is InChI=1S/C16H20N4O2/c1-8-12-5-11(6-17-15(12)20-19-8)16(22)18-14-10-3-2-9(4-10)13(14)7-21/h5-6,9-10,13-14,21H,2-4,7H2,1H3,(H,18,22)(H,17,19,20). The van der Waals surface area contributed by atoms with Gasteiger partial charge in [-0.15, -0.1) is 0 Å². The number of aliphatic hydroxyl groups is 1. The molecular weight excluding hydrogens is 280 g/mol. The minimum atomic E-state index is -0.106. The first-order chi connectivity index (χ1) is 10.7. The van der Waals surface area contributed by atoms with Gasteiger partial charge in [0.15, 0.2) is 5.65 Å². The lowest BCUT2D eigenvalue weighted by molar-refractivity contribution is 0.0861. The molecule has 2 fully saturated rings. The number of aromatic amines is 1. The normalized spacial score (nSPS) is 30.1. The molecule has 6 heteroatoms. The first kappa shape index (κ1) is 13.7. The number of aliphatic hydroxyl groups excluding tert-OH is 1. The van der Waals surface area contributed by atoms with Gasteiger partial charge in [0, 0.05) is 35.8 Å². The summed E-state index contributed by atoms with van der Waals surface area (Å²) in [6.45, 7) is 2.07. The van der Waals surface area contributed by atoms with E-state index in [0.29, 0.717) is 23.0 Å². The van der Waals surface area contributed by atoms with Crippen molar-refractivity contribution in [1.29, 1.82) is 0 Å². The van der Waals surface area contributed by atoms with E-state index in [4.69, 9.17) is 0 Å². The van der Waals surface area contributed by atoms with E-state index in [0.717, 1.165) is 23.9 Å². The number of fused-ring (bicyclic) bond motifs is 3. The second-order valence-electron chi connectivity index (χ2n) is 6.62. The van der Waals surface area contributed by atoms with Gasteiger partial charge in [0.1, 0.15) is 0 Å². The highest BCUT2D eigenvalue weighted by molar-refractivity contribution is 5.97. The lowest BCUT2D eigenvalue weighted by Crippen LogP contribution is -2.45. The van der Waals surface area contributed by atoms with Crippen LogP contribution in [0.15, 0.2) is 12.3 Å². The van der Waals surface area contributed by atoms with E-state index in [9.17, 15) is 9.90 Å². The highest BCUT2D eigenvalue weighted by atomic mass is 16.3. The number of H-pyrrole nitrogens is 1. The third kappa shape index (κ3) is 2.01. The van der Waals surface area contributed by atoms with E-state index in [2.05, 4.69) is 20.5 Å². The van der Waals surface area contributed by atoms with Crippen molar-refractivity contribution < 1.29 is 9.90 Å². The number of nitrogens with zero attached hydrogens (tertiary/aromatic N) is 2. The van der Waals surface area contributed by atoms with Gasteiger partial charge in [-0.3, -0.25) is 9.89 Å². The van der Waals surface area contributed by atoms with Crippen LogP contribution in [0.5, 0.6) is 0 Å². The molecule has 2 aliphatic carbocycles. The Bertz CT molecular complexity index is 726. The molecule has 1 amide bonds. The molecule has 2 aliphatic rings. The molecule has 4 unspecified atom stereocenters. The monoisotopic (exact) mass is 300 g/mol. The number of aromatic nitrogens is 3. The number of hydrogen-bond acceptors (Lipinski definition) is 4. The number of nitrogens with one attached hydrogen (secondary N) is 2. The Morgan fingerprint density at radius 3 is 3.09 bits per heavy atom. The summed E-state index contributed by atoms with van der Waals surface area (Å²) < 4.78 is 0.